The second kappa shape index (κ2) is 5.30. The molecule has 106 valence electrons. The van der Waals surface area contributed by atoms with E-state index in [-0.39, 0.29) is 17.6 Å². The molecule has 2 atom stereocenters. The Morgan fingerprint density at radius 1 is 1.32 bits per heavy atom. The van der Waals surface area contributed by atoms with Crippen LogP contribution in [0.15, 0.2) is 6.33 Å². The fraction of sp³-hybridized carbons (Fsp3) is 0.692. The molecular formula is C13H21N3O3. The number of methoxy groups -OCH3 is 2. The molecule has 0 amide bonds. The van der Waals surface area contributed by atoms with Gasteiger partial charge in [-0.3, -0.25) is 0 Å². The molecule has 0 bridgehead atoms. The Morgan fingerprint density at radius 3 is 2.32 bits per heavy atom. The van der Waals surface area contributed by atoms with E-state index in [9.17, 15) is 5.11 Å². The monoisotopic (exact) mass is 267 g/mol. The Bertz CT molecular complexity index is 429. The second-order valence-electron chi connectivity index (χ2n) is 5.38. The zero-order chi connectivity index (χ0) is 14.0. The topological polar surface area (TPSA) is 76.5 Å². The molecular weight excluding hydrogens is 246 g/mol. The van der Waals surface area contributed by atoms with Crippen molar-refractivity contribution in [3.8, 4) is 11.8 Å². The highest BCUT2D eigenvalue weighted by Crippen LogP contribution is 2.40. The molecule has 0 radical (unpaired) electrons. The third-order valence-electron chi connectivity index (χ3n) is 3.99. The van der Waals surface area contributed by atoms with E-state index in [4.69, 9.17) is 9.47 Å². The van der Waals surface area contributed by atoms with Crippen molar-refractivity contribution in [2.24, 2.45) is 5.41 Å². The number of ether oxygens (including phenoxy) is 2. The Morgan fingerprint density at radius 2 is 1.89 bits per heavy atom. The van der Waals surface area contributed by atoms with Crippen molar-refractivity contribution in [2.75, 3.05) is 14.2 Å². The van der Waals surface area contributed by atoms with E-state index in [2.05, 4.69) is 29.1 Å². The van der Waals surface area contributed by atoms with Gasteiger partial charge in [0, 0.05) is 18.0 Å². The molecule has 1 heterocycles. The second-order valence-corrected chi connectivity index (χ2v) is 5.38. The first-order valence-corrected chi connectivity index (χ1v) is 6.34. The first kappa shape index (κ1) is 14.0. The third kappa shape index (κ3) is 2.50. The molecule has 1 aliphatic rings. The number of rotatable bonds is 5. The van der Waals surface area contributed by atoms with Crippen LogP contribution in [0.3, 0.4) is 0 Å². The van der Waals surface area contributed by atoms with Crippen LogP contribution in [-0.4, -0.2) is 41.4 Å². The van der Waals surface area contributed by atoms with E-state index >= 15 is 0 Å². The molecule has 1 aromatic rings. The number of aromatic nitrogens is 2. The number of hydrogen-bond acceptors (Lipinski definition) is 6. The lowest BCUT2D eigenvalue weighted by molar-refractivity contribution is -0.0730. The minimum absolute atomic E-state index is 0.115. The van der Waals surface area contributed by atoms with Crippen LogP contribution in [-0.2, 0) is 6.54 Å². The SMILES string of the molecule is COc1ncnc(OC)c1CNC1CC(O)C1(C)C. The first-order valence-electron chi connectivity index (χ1n) is 6.34. The van der Waals surface area contributed by atoms with Crippen LogP contribution < -0.4 is 14.8 Å². The lowest BCUT2D eigenvalue weighted by Gasteiger charge is -2.49. The van der Waals surface area contributed by atoms with Crippen LogP contribution in [0, 0.1) is 5.41 Å². The summed E-state index contributed by atoms with van der Waals surface area (Å²) in [5, 5.41) is 13.1. The van der Waals surface area contributed by atoms with Gasteiger partial charge in [-0.1, -0.05) is 13.8 Å². The maximum atomic E-state index is 9.73. The normalized spacial score (nSPS) is 24.7. The maximum Gasteiger partial charge on any atom is 0.224 e. The quantitative estimate of drug-likeness (QED) is 0.819. The average molecular weight is 267 g/mol. The molecule has 19 heavy (non-hydrogen) atoms. The largest absolute Gasteiger partial charge is 0.481 e. The number of aliphatic hydroxyl groups is 1. The van der Waals surface area contributed by atoms with E-state index in [0.717, 1.165) is 12.0 Å². The van der Waals surface area contributed by atoms with Gasteiger partial charge in [0.05, 0.1) is 25.9 Å². The molecule has 0 aliphatic heterocycles. The predicted octanol–water partition coefficient (Wildman–Crippen LogP) is 0.743. The molecule has 2 unspecified atom stereocenters. The molecule has 1 aromatic heterocycles. The summed E-state index contributed by atoms with van der Waals surface area (Å²) in [6.45, 7) is 4.65. The van der Waals surface area contributed by atoms with Crippen molar-refractivity contribution < 1.29 is 14.6 Å². The average Bonchev–Trinajstić information content (AvgIpc) is 2.42. The highest BCUT2D eigenvalue weighted by molar-refractivity contribution is 5.34. The summed E-state index contributed by atoms with van der Waals surface area (Å²) in [6.07, 6.45) is 1.92. The van der Waals surface area contributed by atoms with Crippen LogP contribution in [0.1, 0.15) is 25.8 Å². The van der Waals surface area contributed by atoms with Gasteiger partial charge in [-0.2, -0.15) is 0 Å². The number of nitrogens with zero attached hydrogens (tertiary/aromatic N) is 2. The van der Waals surface area contributed by atoms with Crippen LogP contribution in [0.2, 0.25) is 0 Å². The standard InChI is InChI=1S/C13H21N3O3/c1-13(2)9(5-10(13)17)14-6-8-11(18-3)15-7-16-12(8)19-4/h7,9-10,14,17H,5-6H2,1-4H3. The van der Waals surface area contributed by atoms with Gasteiger partial charge in [-0.25, -0.2) is 9.97 Å². The summed E-state index contributed by atoms with van der Waals surface area (Å²) in [6, 6.07) is 0.261. The number of nitrogens with one attached hydrogen (secondary N) is 1. The van der Waals surface area contributed by atoms with E-state index in [0.29, 0.717) is 18.3 Å². The van der Waals surface area contributed by atoms with Gasteiger partial charge in [0.25, 0.3) is 0 Å². The highest BCUT2D eigenvalue weighted by atomic mass is 16.5. The molecule has 1 saturated carbocycles. The Kier molecular flexibility index (Phi) is 3.91. The summed E-state index contributed by atoms with van der Waals surface area (Å²) in [5.41, 5.74) is 0.681. The summed E-state index contributed by atoms with van der Waals surface area (Å²) < 4.78 is 10.4. The van der Waals surface area contributed by atoms with Gasteiger partial charge in [0.15, 0.2) is 0 Å². The predicted molar refractivity (Wildman–Crippen MR) is 70.2 cm³/mol. The maximum absolute atomic E-state index is 9.73. The minimum atomic E-state index is -0.249. The molecule has 1 aliphatic carbocycles. The summed E-state index contributed by atoms with van der Waals surface area (Å²) in [5.74, 6) is 1.02. The van der Waals surface area contributed by atoms with Gasteiger partial charge in [0.1, 0.15) is 6.33 Å². The molecule has 0 saturated heterocycles. The minimum Gasteiger partial charge on any atom is -0.481 e. The fourth-order valence-electron chi connectivity index (χ4n) is 2.36. The van der Waals surface area contributed by atoms with Gasteiger partial charge in [-0.05, 0) is 6.42 Å². The van der Waals surface area contributed by atoms with Gasteiger partial charge in [-0.15, -0.1) is 0 Å². The first-order chi connectivity index (χ1) is 9.00. The van der Waals surface area contributed by atoms with E-state index in [1.807, 2.05) is 0 Å². The van der Waals surface area contributed by atoms with E-state index < -0.39 is 0 Å². The Hall–Kier alpha value is -1.40. The van der Waals surface area contributed by atoms with E-state index in [1.54, 1.807) is 14.2 Å². The van der Waals surface area contributed by atoms with Crippen molar-refractivity contribution in [2.45, 2.75) is 39.0 Å². The lowest BCUT2D eigenvalue weighted by Crippen LogP contribution is -2.59. The fourth-order valence-corrected chi connectivity index (χ4v) is 2.36. The molecule has 0 aromatic carbocycles. The van der Waals surface area contributed by atoms with Crippen LogP contribution in [0.4, 0.5) is 0 Å². The Balaban J connectivity index is 2.07. The smallest absolute Gasteiger partial charge is 0.224 e. The summed E-state index contributed by atoms with van der Waals surface area (Å²) >= 11 is 0. The van der Waals surface area contributed by atoms with Gasteiger partial charge in [0.2, 0.25) is 11.8 Å². The zero-order valence-corrected chi connectivity index (χ0v) is 11.8. The lowest BCUT2D eigenvalue weighted by atomic mass is 9.64. The van der Waals surface area contributed by atoms with Crippen molar-refractivity contribution in [1.29, 1.82) is 0 Å². The summed E-state index contributed by atoms with van der Waals surface area (Å²) in [4.78, 5) is 8.15. The number of hydrogen-bond donors (Lipinski definition) is 2. The van der Waals surface area contributed by atoms with Crippen molar-refractivity contribution in [1.82, 2.24) is 15.3 Å². The van der Waals surface area contributed by atoms with Crippen molar-refractivity contribution >= 4 is 0 Å². The van der Waals surface area contributed by atoms with Gasteiger partial charge >= 0.3 is 0 Å². The van der Waals surface area contributed by atoms with Crippen molar-refractivity contribution in [3.63, 3.8) is 0 Å². The highest BCUT2D eigenvalue weighted by Gasteiger charge is 2.46. The molecule has 2 N–H and O–H groups in total. The van der Waals surface area contributed by atoms with Gasteiger partial charge < -0.3 is 19.9 Å². The van der Waals surface area contributed by atoms with E-state index in [1.165, 1.54) is 6.33 Å². The molecule has 6 heteroatoms. The third-order valence-corrected chi connectivity index (χ3v) is 3.99. The Labute approximate surface area is 113 Å². The molecule has 6 nitrogen and oxygen atoms in total. The van der Waals surface area contributed by atoms with Crippen LogP contribution in [0.5, 0.6) is 11.8 Å². The van der Waals surface area contributed by atoms with Crippen molar-refractivity contribution in [3.05, 3.63) is 11.9 Å². The molecule has 0 spiro atoms. The van der Waals surface area contributed by atoms with Crippen LogP contribution >= 0.6 is 0 Å². The zero-order valence-electron chi connectivity index (χ0n) is 11.8. The summed E-state index contributed by atoms with van der Waals surface area (Å²) in [7, 11) is 3.14. The molecule has 2 rings (SSSR count). The number of aliphatic hydroxyl groups excluding tert-OH is 1. The molecule has 1 fully saturated rings. The van der Waals surface area contributed by atoms with Crippen LogP contribution in [0.25, 0.3) is 0 Å².